The molecule has 110 valence electrons. The second kappa shape index (κ2) is 6.95. The lowest BCUT2D eigenvalue weighted by molar-refractivity contribution is 0.303. The number of nitrogens with one attached hydrogen (secondary N) is 1. The van der Waals surface area contributed by atoms with Crippen LogP contribution >= 0.6 is 31.9 Å². The Morgan fingerprint density at radius 1 is 1.14 bits per heavy atom. The van der Waals surface area contributed by atoms with E-state index in [1.807, 2.05) is 30.3 Å². The second-order valence-electron chi connectivity index (χ2n) is 4.31. The Bertz CT molecular complexity index is 675. The van der Waals surface area contributed by atoms with Crippen molar-refractivity contribution >= 4 is 37.7 Å². The number of nitrogen functional groups attached to an aromatic ring is 1. The van der Waals surface area contributed by atoms with Crippen molar-refractivity contribution in [3.63, 3.8) is 0 Å². The van der Waals surface area contributed by atoms with Crippen molar-refractivity contribution < 1.29 is 9.47 Å². The van der Waals surface area contributed by atoms with Gasteiger partial charge in [-0.25, -0.2) is 0 Å². The minimum absolute atomic E-state index is 0.0185. The minimum Gasteiger partial charge on any atom is -0.496 e. The van der Waals surface area contributed by atoms with Gasteiger partial charge in [-0.05, 0) is 51.8 Å². The smallest absolute Gasteiger partial charge is 0.134 e. The van der Waals surface area contributed by atoms with Gasteiger partial charge in [0, 0.05) is 4.47 Å². The number of nitrogens with two attached hydrogens (primary N) is 1. The van der Waals surface area contributed by atoms with Gasteiger partial charge in [-0.3, -0.25) is 5.41 Å². The normalized spacial score (nSPS) is 10.2. The number of hydrogen-bond donors (Lipinski definition) is 2. The standard InChI is InChI=1S/C15H14Br2N2O2/c1-20-14-6-9(2-4-11(14)15(18)19)8-21-13-5-3-10(16)7-12(13)17/h2-7H,8H2,1H3,(H3,18,19). The highest BCUT2D eigenvalue weighted by Gasteiger charge is 2.08. The molecule has 6 heteroatoms. The molecule has 0 atom stereocenters. The van der Waals surface area contributed by atoms with Gasteiger partial charge >= 0.3 is 0 Å². The Labute approximate surface area is 140 Å². The molecule has 2 rings (SSSR count). The van der Waals surface area contributed by atoms with Gasteiger partial charge in [-0.2, -0.15) is 0 Å². The molecular weight excluding hydrogens is 400 g/mol. The van der Waals surface area contributed by atoms with Crippen LogP contribution in [0.1, 0.15) is 11.1 Å². The zero-order valence-electron chi connectivity index (χ0n) is 11.3. The van der Waals surface area contributed by atoms with Crippen molar-refractivity contribution in [2.75, 3.05) is 7.11 Å². The maximum absolute atomic E-state index is 7.49. The molecule has 0 saturated heterocycles. The lowest BCUT2D eigenvalue weighted by atomic mass is 10.1. The van der Waals surface area contributed by atoms with Gasteiger partial charge in [0.05, 0.1) is 17.1 Å². The summed E-state index contributed by atoms with van der Waals surface area (Å²) >= 11 is 6.85. The van der Waals surface area contributed by atoms with Crippen LogP contribution in [-0.4, -0.2) is 12.9 Å². The highest BCUT2D eigenvalue weighted by Crippen LogP contribution is 2.29. The molecular formula is C15H14Br2N2O2. The fraction of sp³-hybridized carbons (Fsp3) is 0.133. The topological polar surface area (TPSA) is 68.3 Å². The molecule has 0 saturated carbocycles. The minimum atomic E-state index is -0.0185. The van der Waals surface area contributed by atoms with Crippen LogP contribution in [0.2, 0.25) is 0 Å². The van der Waals surface area contributed by atoms with E-state index < -0.39 is 0 Å². The summed E-state index contributed by atoms with van der Waals surface area (Å²) in [6, 6.07) is 11.2. The van der Waals surface area contributed by atoms with Crippen LogP contribution in [0.3, 0.4) is 0 Å². The van der Waals surface area contributed by atoms with Crippen LogP contribution in [0, 0.1) is 5.41 Å². The van der Waals surface area contributed by atoms with Gasteiger partial charge in [0.1, 0.15) is 23.9 Å². The van der Waals surface area contributed by atoms with Gasteiger partial charge in [0.2, 0.25) is 0 Å². The molecule has 0 bridgehead atoms. The molecule has 0 aliphatic rings. The van der Waals surface area contributed by atoms with E-state index in [1.165, 1.54) is 0 Å². The third-order valence-electron chi connectivity index (χ3n) is 2.84. The molecule has 2 aromatic carbocycles. The summed E-state index contributed by atoms with van der Waals surface area (Å²) in [5.41, 5.74) is 7.01. The third-order valence-corrected chi connectivity index (χ3v) is 3.96. The van der Waals surface area contributed by atoms with E-state index in [4.69, 9.17) is 20.6 Å². The van der Waals surface area contributed by atoms with E-state index in [2.05, 4.69) is 31.9 Å². The molecule has 0 aromatic heterocycles. The Kier molecular flexibility index (Phi) is 5.25. The second-order valence-corrected chi connectivity index (χ2v) is 6.08. The zero-order valence-corrected chi connectivity index (χ0v) is 14.5. The lowest BCUT2D eigenvalue weighted by Gasteiger charge is -2.11. The van der Waals surface area contributed by atoms with Crippen LogP contribution < -0.4 is 15.2 Å². The lowest BCUT2D eigenvalue weighted by Crippen LogP contribution is -2.12. The zero-order chi connectivity index (χ0) is 15.4. The number of methoxy groups -OCH3 is 1. The van der Waals surface area contributed by atoms with Gasteiger partial charge in [0.25, 0.3) is 0 Å². The number of amidine groups is 1. The number of halogens is 2. The summed E-state index contributed by atoms with van der Waals surface area (Å²) in [6.07, 6.45) is 0. The molecule has 0 radical (unpaired) electrons. The SMILES string of the molecule is COc1cc(COc2ccc(Br)cc2Br)ccc1C(=N)N. The highest BCUT2D eigenvalue weighted by molar-refractivity contribution is 9.11. The van der Waals surface area contributed by atoms with Crippen molar-refractivity contribution in [1.29, 1.82) is 5.41 Å². The fourth-order valence-corrected chi connectivity index (χ4v) is 2.96. The van der Waals surface area contributed by atoms with E-state index in [0.29, 0.717) is 17.9 Å². The number of hydrogen-bond acceptors (Lipinski definition) is 3. The predicted molar refractivity (Wildman–Crippen MR) is 90.2 cm³/mol. The summed E-state index contributed by atoms with van der Waals surface area (Å²) in [4.78, 5) is 0. The molecule has 21 heavy (non-hydrogen) atoms. The third kappa shape index (κ3) is 3.98. The first kappa shape index (κ1) is 15.9. The fourth-order valence-electron chi connectivity index (χ4n) is 1.80. The van der Waals surface area contributed by atoms with Crippen LogP contribution in [0.5, 0.6) is 11.5 Å². The van der Waals surface area contributed by atoms with Crippen molar-refractivity contribution in [3.05, 3.63) is 56.5 Å². The molecule has 4 nitrogen and oxygen atoms in total. The first-order valence-corrected chi connectivity index (χ1v) is 7.69. The van der Waals surface area contributed by atoms with E-state index in [-0.39, 0.29) is 5.84 Å². The summed E-state index contributed by atoms with van der Waals surface area (Å²) < 4.78 is 12.9. The number of benzene rings is 2. The maximum atomic E-state index is 7.49. The maximum Gasteiger partial charge on any atom is 0.134 e. The van der Waals surface area contributed by atoms with Crippen molar-refractivity contribution in [1.82, 2.24) is 0 Å². The summed E-state index contributed by atoms with van der Waals surface area (Å²) in [5.74, 6) is 1.31. The Morgan fingerprint density at radius 3 is 2.52 bits per heavy atom. The average molecular weight is 414 g/mol. The van der Waals surface area contributed by atoms with Crippen molar-refractivity contribution in [3.8, 4) is 11.5 Å². The summed E-state index contributed by atoms with van der Waals surface area (Å²) in [7, 11) is 1.55. The van der Waals surface area contributed by atoms with Gasteiger partial charge in [-0.15, -0.1) is 0 Å². The largest absolute Gasteiger partial charge is 0.496 e. The van der Waals surface area contributed by atoms with Crippen molar-refractivity contribution in [2.45, 2.75) is 6.61 Å². The molecule has 0 aliphatic carbocycles. The van der Waals surface area contributed by atoms with Gasteiger partial charge in [0.15, 0.2) is 0 Å². The first-order valence-electron chi connectivity index (χ1n) is 6.10. The molecule has 0 spiro atoms. The molecule has 0 fully saturated rings. The monoisotopic (exact) mass is 412 g/mol. The van der Waals surface area contributed by atoms with Crippen LogP contribution in [0.15, 0.2) is 45.3 Å². The van der Waals surface area contributed by atoms with E-state index >= 15 is 0 Å². The number of ether oxygens (including phenoxy) is 2. The van der Waals surface area contributed by atoms with Crippen LogP contribution in [0.25, 0.3) is 0 Å². The Balaban J connectivity index is 2.15. The number of rotatable bonds is 5. The summed E-state index contributed by atoms with van der Waals surface area (Å²) in [6.45, 7) is 0.398. The molecule has 2 aromatic rings. The summed E-state index contributed by atoms with van der Waals surface area (Å²) in [5, 5.41) is 7.49. The average Bonchev–Trinajstić information content (AvgIpc) is 2.45. The molecule has 0 unspecified atom stereocenters. The molecule has 0 heterocycles. The van der Waals surface area contributed by atoms with Crippen LogP contribution in [0.4, 0.5) is 0 Å². The Hall–Kier alpha value is -1.53. The quantitative estimate of drug-likeness (QED) is 0.573. The Morgan fingerprint density at radius 2 is 1.90 bits per heavy atom. The first-order chi connectivity index (χ1) is 10.0. The molecule has 0 aliphatic heterocycles. The van der Waals surface area contributed by atoms with E-state index in [9.17, 15) is 0 Å². The van der Waals surface area contributed by atoms with Gasteiger partial charge in [-0.1, -0.05) is 22.0 Å². The highest BCUT2D eigenvalue weighted by atomic mass is 79.9. The van der Waals surface area contributed by atoms with Crippen LogP contribution in [-0.2, 0) is 6.61 Å². The van der Waals surface area contributed by atoms with E-state index in [1.54, 1.807) is 13.2 Å². The molecule has 3 N–H and O–H groups in total. The van der Waals surface area contributed by atoms with E-state index in [0.717, 1.165) is 20.3 Å². The van der Waals surface area contributed by atoms with Crippen molar-refractivity contribution in [2.24, 2.45) is 5.73 Å². The predicted octanol–water partition coefficient (Wildman–Crippen LogP) is 4.08. The molecule has 0 amide bonds. The van der Waals surface area contributed by atoms with Gasteiger partial charge < -0.3 is 15.2 Å².